The maximum atomic E-state index is 8.11. The lowest BCUT2D eigenvalue weighted by Crippen LogP contribution is -2.06. The van der Waals surface area contributed by atoms with Gasteiger partial charge < -0.3 is 15.1 Å². The van der Waals surface area contributed by atoms with E-state index in [1.54, 1.807) is 0 Å². The molecule has 47 heavy (non-hydrogen) atoms. The first kappa shape index (κ1) is 47.5. The van der Waals surface area contributed by atoms with E-state index in [9.17, 15) is 0 Å². The van der Waals surface area contributed by atoms with Crippen LogP contribution in [0.2, 0.25) is 0 Å². The Bertz CT molecular complexity index is 549. The summed E-state index contributed by atoms with van der Waals surface area (Å²) in [7, 11) is 0. The number of rotatable bonds is 40. The third-order valence-electron chi connectivity index (χ3n) is 3.92. The van der Waals surface area contributed by atoms with E-state index in [-0.39, 0.29) is 13.2 Å². The van der Waals surface area contributed by atoms with E-state index in [0.29, 0.717) is 0 Å². The van der Waals surface area contributed by atoms with Crippen molar-refractivity contribution in [1.29, 1.82) is 0 Å². The van der Waals surface area contributed by atoms with Gasteiger partial charge in [-0.2, -0.15) is 0 Å². The van der Waals surface area contributed by atoms with Crippen LogP contribution in [0.4, 0.5) is 0 Å². The van der Waals surface area contributed by atoms with Crippen molar-refractivity contribution in [2.45, 2.75) is 90.6 Å². The van der Waals surface area contributed by atoms with Gasteiger partial charge in [0, 0.05) is 85.7 Å². The van der Waals surface area contributed by atoms with E-state index < -0.39 is 6.10 Å². The molecule has 2 N–H and O–H groups in total. The molecule has 0 aliphatic rings. The second-order valence-corrected chi connectivity index (χ2v) is 7.35. The lowest BCUT2D eigenvalue weighted by molar-refractivity contribution is -0.902. The molecule has 0 amide bonds. The Morgan fingerprint density at radius 1 is 0.447 bits per heavy atom. The molecule has 1 unspecified atom stereocenters. The fourth-order valence-electron chi connectivity index (χ4n) is 2.18. The summed E-state index contributed by atoms with van der Waals surface area (Å²) >= 11 is 0. The van der Waals surface area contributed by atoms with Crippen molar-refractivity contribution in [2.24, 2.45) is 0 Å². The summed E-state index contributed by atoms with van der Waals surface area (Å²) in [6.07, 6.45) is 13.4. The standard InChI is InChI=1S/C15H30O27.C3H8O2/c1-3-5-6-7-8-9-10-11-12-13-14-15-17-19-21-23-25-27-29-31-33-35-37-39-41-42-40-38-36-34-32-30-28-26-24-22-20-18-16-4-2;1-3(5)2-4/h4H,2-3,5-15H2,1H3;3-5H,2H2,1H3. The molecule has 0 bridgehead atoms. The molecule has 1 atom stereocenters. The van der Waals surface area contributed by atoms with Crippen molar-refractivity contribution in [1.82, 2.24) is 0 Å². The van der Waals surface area contributed by atoms with Crippen LogP contribution in [-0.2, 0) is 136 Å². The van der Waals surface area contributed by atoms with Crippen molar-refractivity contribution in [3.8, 4) is 0 Å². The predicted molar refractivity (Wildman–Crippen MR) is 120 cm³/mol. The maximum absolute atomic E-state index is 8.11. The normalized spacial score (nSPS) is 11.7. The van der Waals surface area contributed by atoms with Crippen LogP contribution in [-0.4, -0.2) is 29.5 Å². The summed E-state index contributed by atoms with van der Waals surface area (Å²) in [6, 6.07) is 0. The van der Waals surface area contributed by atoms with Gasteiger partial charge in [-0.1, -0.05) is 77.7 Å². The van der Waals surface area contributed by atoms with Gasteiger partial charge in [0.25, 0.3) is 0 Å². The minimum absolute atomic E-state index is 0.139. The third-order valence-corrected chi connectivity index (χ3v) is 3.92. The molecule has 0 aliphatic heterocycles. The molecule has 0 aliphatic carbocycles. The molecule has 0 aromatic carbocycles. The smallest absolute Gasteiger partial charge is 0.125 e. The van der Waals surface area contributed by atoms with E-state index in [1.165, 1.54) is 58.3 Å². The van der Waals surface area contributed by atoms with Gasteiger partial charge in [0.05, 0.1) is 19.3 Å². The number of aliphatic hydroxyl groups excluding tert-OH is 2. The highest BCUT2D eigenvalue weighted by molar-refractivity contribution is 4.47. The molecule has 0 fully saturated rings. The Morgan fingerprint density at radius 2 is 0.702 bits per heavy atom. The van der Waals surface area contributed by atoms with Crippen LogP contribution in [0.1, 0.15) is 84.5 Å². The summed E-state index contributed by atoms with van der Waals surface area (Å²) < 4.78 is 0. The van der Waals surface area contributed by atoms with Crippen LogP contribution in [0.25, 0.3) is 0 Å². The van der Waals surface area contributed by atoms with Crippen molar-refractivity contribution in [3.05, 3.63) is 12.8 Å². The van der Waals surface area contributed by atoms with E-state index in [4.69, 9.17) is 10.2 Å². The van der Waals surface area contributed by atoms with Crippen molar-refractivity contribution in [3.63, 3.8) is 0 Å². The molecule has 29 nitrogen and oxygen atoms in total. The fourth-order valence-corrected chi connectivity index (χ4v) is 2.18. The number of aliphatic hydroxyl groups is 2. The van der Waals surface area contributed by atoms with Crippen LogP contribution in [0.3, 0.4) is 0 Å². The average molecular weight is 718 g/mol. The molecule has 0 aromatic rings. The number of hydrogen-bond donors (Lipinski definition) is 2. The average Bonchev–Trinajstić information content (AvgIpc) is 3.08. The van der Waals surface area contributed by atoms with E-state index in [1.807, 2.05) is 0 Å². The van der Waals surface area contributed by atoms with Crippen LogP contribution in [0, 0.1) is 0 Å². The molecule has 0 spiro atoms. The first-order valence-electron chi connectivity index (χ1n) is 13.0. The SMILES string of the molecule is C=COOOOOOOOOOOOOOOOOOOOOOOOOOOCCCCCCCCCCCCC.CC(O)CO. The molecule has 0 aromatic heterocycles. The van der Waals surface area contributed by atoms with Gasteiger partial charge in [-0.05, 0) is 53.7 Å². The Kier molecular flexibility index (Phi) is 47.1. The molecule has 29 heteroatoms. The highest BCUT2D eigenvalue weighted by Crippen LogP contribution is 2.11. The summed E-state index contributed by atoms with van der Waals surface area (Å²) in [4.78, 5) is 8.61. The van der Waals surface area contributed by atoms with Gasteiger partial charge in [-0.3, -0.25) is 0 Å². The summed E-state index contributed by atoms with van der Waals surface area (Å²) in [6.45, 7) is 6.96. The van der Waals surface area contributed by atoms with Gasteiger partial charge in [-0.15, -0.1) is 0 Å². The Hall–Kier alpha value is -1.58. The van der Waals surface area contributed by atoms with Crippen molar-refractivity contribution < 1.29 is 146 Å². The molecule has 0 radical (unpaired) electrons. The lowest BCUT2D eigenvalue weighted by Gasteiger charge is -2.03. The molecular formula is C18H38O29. The van der Waals surface area contributed by atoms with Crippen LogP contribution >= 0.6 is 0 Å². The number of hydrogen-bond acceptors (Lipinski definition) is 29. The van der Waals surface area contributed by atoms with Gasteiger partial charge >= 0.3 is 0 Å². The third kappa shape index (κ3) is 51.4. The second kappa shape index (κ2) is 46.5. The fraction of sp³-hybridized carbons (Fsp3) is 0.889. The molecule has 0 heterocycles. The summed E-state index contributed by atoms with van der Waals surface area (Å²) in [5.74, 6) is 0. The van der Waals surface area contributed by atoms with E-state index in [0.717, 1.165) is 25.5 Å². The largest absolute Gasteiger partial charge is 0.394 e. The van der Waals surface area contributed by atoms with Crippen molar-refractivity contribution in [2.75, 3.05) is 13.2 Å². The first-order valence-corrected chi connectivity index (χ1v) is 13.0. The van der Waals surface area contributed by atoms with Crippen molar-refractivity contribution >= 4 is 0 Å². The van der Waals surface area contributed by atoms with Gasteiger partial charge in [-0.25, -0.2) is 4.89 Å². The van der Waals surface area contributed by atoms with Gasteiger partial charge in [0.2, 0.25) is 0 Å². The molecule has 0 saturated carbocycles. The second-order valence-electron chi connectivity index (χ2n) is 7.35. The number of unbranched alkanes of at least 4 members (excludes halogenated alkanes) is 10. The monoisotopic (exact) mass is 718 g/mol. The van der Waals surface area contributed by atoms with E-state index >= 15 is 0 Å². The highest BCUT2D eigenvalue weighted by Gasteiger charge is 2.02. The highest BCUT2D eigenvalue weighted by atomic mass is 18.0. The Labute approximate surface area is 263 Å². The van der Waals surface area contributed by atoms with E-state index in [2.05, 4.69) is 149 Å². The molecular weight excluding hydrogens is 680 g/mol. The zero-order valence-corrected chi connectivity index (χ0v) is 25.0. The minimum atomic E-state index is -0.560. The molecule has 0 saturated heterocycles. The Balaban J connectivity index is 0. The quantitative estimate of drug-likeness (QED) is 0.0398. The summed E-state index contributed by atoms with van der Waals surface area (Å²) in [5, 5.41) is 107. The lowest BCUT2D eigenvalue weighted by atomic mass is 10.1. The zero-order valence-electron chi connectivity index (χ0n) is 25.0. The van der Waals surface area contributed by atoms with Crippen LogP contribution in [0.5, 0.6) is 0 Å². The Morgan fingerprint density at radius 3 is 0.979 bits per heavy atom. The van der Waals surface area contributed by atoms with Crippen LogP contribution < -0.4 is 0 Å². The molecule has 0 rings (SSSR count). The molecule has 284 valence electrons. The van der Waals surface area contributed by atoms with Gasteiger partial charge in [0.1, 0.15) is 6.26 Å². The predicted octanol–water partition coefficient (Wildman–Crippen LogP) is 3.04. The first-order chi connectivity index (χ1) is 23.2. The maximum Gasteiger partial charge on any atom is 0.125 e. The zero-order chi connectivity index (χ0) is 34.6. The van der Waals surface area contributed by atoms with Crippen LogP contribution in [0.15, 0.2) is 12.8 Å². The summed E-state index contributed by atoms with van der Waals surface area (Å²) in [5.41, 5.74) is 0. The van der Waals surface area contributed by atoms with Gasteiger partial charge in [0.15, 0.2) is 0 Å². The topological polar surface area (TPSA) is 290 Å². The minimum Gasteiger partial charge on any atom is -0.394 e.